The highest BCUT2D eigenvalue weighted by Crippen LogP contribution is 2.47. The zero-order valence-corrected chi connectivity index (χ0v) is 32.1. The number of rotatable bonds is 6. The van der Waals surface area contributed by atoms with Crippen LogP contribution in [-0.2, 0) is 30.5 Å². The number of phenolic OH excluding ortho intramolecular Hbond substituents is 1. The minimum atomic E-state index is -1.07. The Kier molecular flexibility index (Phi) is 13.1. The van der Waals surface area contributed by atoms with E-state index in [1.54, 1.807) is 19.2 Å². The van der Waals surface area contributed by atoms with Crippen LogP contribution in [0, 0.1) is 29.6 Å². The van der Waals surface area contributed by atoms with Crippen molar-refractivity contribution in [3.63, 3.8) is 0 Å². The average molecular weight is 753 g/mol. The Morgan fingerprint density at radius 3 is 2.65 bits per heavy atom. The van der Waals surface area contributed by atoms with Crippen molar-refractivity contribution in [1.29, 1.82) is 0 Å². The summed E-state index contributed by atoms with van der Waals surface area (Å²) in [6, 6.07) is 5.81. The van der Waals surface area contributed by atoms with Gasteiger partial charge in [-0.05, 0) is 68.2 Å². The van der Waals surface area contributed by atoms with Crippen molar-refractivity contribution >= 4 is 33.3 Å². The highest BCUT2D eigenvalue weighted by molar-refractivity contribution is 8.76. The largest absolute Gasteiger partial charge is 0.504 e. The van der Waals surface area contributed by atoms with Gasteiger partial charge in [0.15, 0.2) is 29.0 Å². The first kappa shape index (κ1) is 38.4. The SMILES string of the molecule is CNCOc1c2cc(c3c1O[C@H](O)[C@@H]([C@H]1CSSC[C@@H](C(C)C)NC4=NCC[C@@H]1N4)C3)CC[C@@H](O)CC(=O)CCc1ccc(O)c(OC)c1C#CC2. The van der Waals surface area contributed by atoms with Gasteiger partial charge in [-0.15, -0.1) is 0 Å². The van der Waals surface area contributed by atoms with E-state index in [4.69, 9.17) is 19.2 Å². The van der Waals surface area contributed by atoms with E-state index in [0.717, 1.165) is 46.1 Å². The van der Waals surface area contributed by atoms with Crippen molar-refractivity contribution in [3.05, 3.63) is 46.0 Å². The van der Waals surface area contributed by atoms with Crippen LogP contribution in [0.15, 0.2) is 23.2 Å². The summed E-state index contributed by atoms with van der Waals surface area (Å²) in [5, 5.41) is 43.9. The van der Waals surface area contributed by atoms with Crippen molar-refractivity contribution < 1.29 is 34.3 Å². The van der Waals surface area contributed by atoms with Crippen LogP contribution in [0.5, 0.6) is 23.0 Å². The van der Waals surface area contributed by atoms with E-state index in [-0.39, 0.29) is 61.2 Å². The topological polar surface area (TPSA) is 154 Å². The van der Waals surface area contributed by atoms with Crippen LogP contribution in [-0.4, -0.2) is 90.5 Å². The molecule has 1 fully saturated rings. The molecule has 3 aliphatic heterocycles. The molecule has 0 aromatic heterocycles. The molecule has 13 heteroatoms. The fourth-order valence-electron chi connectivity index (χ4n) is 7.54. The molecule has 282 valence electrons. The molecule has 0 unspecified atom stereocenters. The lowest BCUT2D eigenvalue weighted by Crippen LogP contribution is -2.57. The number of carbonyl (C=O) groups excluding carboxylic acids is 1. The molecule has 0 amide bonds. The number of aliphatic hydroxyl groups is 2. The van der Waals surface area contributed by atoms with E-state index in [1.807, 2.05) is 21.6 Å². The first-order valence-corrected chi connectivity index (χ1v) is 20.8. The number of nitrogens with one attached hydrogen (secondary N) is 3. The molecule has 11 nitrogen and oxygen atoms in total. The number of guanidine groups is 1. The van der Waals surface area contributed by atoms with Crippen LogP contribution < -0.4 is 30.2 Å². The van der Waals surface area contributed by atoms with Crippen LogP contribution in [0.25, 0.3) is 0 Å². The summed E-state index contributed by atoms with van der Waals surface area (Å²) >= 11 is 0. The number of carbonyl (C=O) groups is 1. The molecule has 0 radical (unpaired) electrons. The third-order valence-corrected chi connectivity index (χ3v) is 13.0. The zero-order chi connectivity index (χ0) is 36.8. The molecule has 4 bridgehead atoms. The molecule has 0 spiro atoms. The second kappa shape index (κ2) is 17.7. The van der Waals surface area contributed by atoms with E-state index in [1.165, 1.54) is 7.11 Å². The molecule has 6 N–H and O–H groups in total. The number of hydrogen-bond acceptors (Lipinski definition) is 13. The smallest absolute Gasteiger partial charge is 0.201 e. The number of ether oxygens (including phenoxy) is 3. The van der Waals surface area contributed by atoms with Gasteiger partial charge in [0.05, 0.1) is 18.8 Å². The number of benzene rings is 2. The zero-order valence-electron chi connectivity index (χ0n) is 30.5. The van der Waals surface area contributed by atoms with Crippen molar-refractivity contribution in [2.45, 2.75) is 89.7 Å². The van der Waals surface area contributed by atoms with E-state index >= 15 is 0 Å². The number of fused-ring (bicyclic) bond motifs is 7. The molecule has 2 aromatic carbocycles. The molecule has 52 heavy (non-hydrogen) atoms. The van der Waals surface area contributed by atoms with E-state index in [9.17, 15) is 20.1 Å². The minimum absolute atomic E-state index is 0.0309. The summed E-state index contributed by atoms with van der Waals surface area (Å²) in [5.41, 5.74) is 4.04. The van der Waals surface area contributed by atoms with Gasteiger partial charge in [0.25, 0.3) is 0 Å². The lowest BCUT2D eigenvalue weighted by Gasteiger charge is -2.42. The van der Waals surface area contributed by atoms with Crippen LogP contribution in [0.4, 0.5) is 0 Å². The molecule has 2 aromatic rings. The number of methoxy groups -OCH3 is 1. The standard InChI is InChI=1S/C39H52N4O7S2/c1-22(2)33-20-52-51-19-31(32-14-15-41-39(42-32)43-33)30-18-29-24-9-12-27(45)17-26(44)11-8-23-10-13-34(46)36(48-4)28(23)7-5-6-25(16-24)35(49-21-40-3)37(29)50-38(30)47/h10,13,16,22,27,30-33,38,40,45-47H,6,8-9,11-12,14-15,17-21H2,1-4H3,(H2,41,42,43)/t27-,30-,31-,32+,33+,38+/m1/s1. The molecule has 3 heterocycles. The number of nitrogens with zero attached hydrogens (tertiary/aromatic N) is 1. The first-order chi connectivity index (χ1) is 25.2. The Morgan fingerprint density at radius 1 is 1.04 bits per heavy atom. The van der Waals surface area contributed by atoms with Gasteiger partial charge in [-0.1, -0.05) is 59.4 Å². The van der Waals surface area contributed by atoms with E-state index in [0.29, 0.717) is 61.3 Å². The van der Waals surface area contributed by atoms with E-state index in [2.05, 4.69) is 47.7 Å². The molecule has 6 atom stereocenters. The molecular formula is C39H52N4O7S2. The van der Waals surface area contributed by atoms with Gasteiger partial charge in [0.1, 0.15) is 12.5 Å². The predicted molar refractivity (Wildman–Crippen MR) is 206 cm³/mol. The van der Waals surface area contributed by atoms with Crippen molar-refractivity contribution in [2.75, 3.05) is 38.9 Å². The number of aliphatic hydroxyl groups excluding tert-OH is 2. The maximum Gasteiger partial charge on any atom is 0.201 e. The molecule has 1 saturated heterocycles. The second-order valence-electron chi connectivity index (χ2n) is 14.4. The van der Waals surface area contributed by atoms with Crippen LogP contribution >= 0.6 is 21.6 Å². The lowest BCUT2D eigenvalue weighted by atomic mass is 9.78. The van der Waals surface area contributed by atoms with Crippen molar-refractivity contribution in [2.24, 2.45) is 22.7 Å². The fraction of sp³-hybridized carbons (Fsp3) is 0.590. The van der Waals surface area contributed by atoms with Gasteiger partial charge >= 0.3 is 0 Å². The summed E-state index contributed by atoms with van der Waals surface area (Å²) in [5.74, 6) is 10.6. The number of aryl methyl sites for hydroxylation is 2. The third kappa shape index (κ3) is 8.91. The maximum absolute atomic E-state index is 13.0. The van der Waals surface area contributed by atoms with Gasteiger partial charge in [0.2, 0.25) is 6.29 Å². The van der Waals surface area contributed by atoms with Gasteiger partial charge in [-0.3, -0.25) is 15.1 Å². The summed E-state index contributed by atoms with van der Waals surface area (Å²) in [4.78, 5) is 17.8. The third-order valence-electron chi connectivity index (χ3n) is 10.5. The quantitative estimate of drug-likeness (QED) is 0.144. The summed E-state index contributed by atoms with van der Waals surface area (Å²) in [6.07, 6.45) is 1.44. The van der Waals surface area contributed by atoms with Crippen molar-refractivity contribution in [1.82, 2.24) is 16.0 Å². The number of Topliss-reactive ketones (excluding diaryl/α,β-unsaturated/α-hetero) is 1. The Morgan fingerprint density at radius 2 is 1.87 bits per heavy atom. The maximum atomic E-state index is 13.0. The highest BCUT2D eigenvalue weighted by atomic mass is 33.1. The van der Waals surface area contributed by atoms with Gasteiger partial charge in [-0.2, -0.15) is 0 Å². The van der Waals surface area contributed by atoms with E-state index < -0.39 is 12.4 Å². The molecule has 1 aliphatic carbocycles. The fourth-order valence-corrected chi connectivity index (χ4v) is 10.5. The summed E-state index contributed by atoms with van der Waals surface area (Å²) in [6.45, 7) is 5.38. The van der Waals surface area contributed by atoms with Gasteiger partial charge < -0.3 is 40.2 Å². The van der Waals surface area contributed by atoms with Crippen molar-refractivity contribution in [3.8, 4) is 34.8 Å². The molecule has 6 rings (SSSR count). The Balaban J connectivity index is 1.38. The van der Waals surface area contributed by atoms with Crippen LogP contribution in [0.1, 0.15) is 67.3 Å². The second-order valence-corrected chi connectivity index (χ2v) is 17.0. The predicted octanol–water partition coefficient (Wildman–Crippen LogP) is 3.96. The number of aliphatic imine (C=N–C) groups is 1. The minimum Gasteiger partial charge on any atom is -0.504 e. The summed E-state index contributed by atoms with van der Waals surface area (Å²) < 4.78 is 18.4. The first-order valence-electron chi connectivity index (χ1n) is 18.4. The monoisotopic (exact) mass is 752 g/mol. The Bertz CT molecular complexity index is 1690. The molecule has 0 saturated carbocycles. The Hall–Kier alpha value is -3.28. The van der Waals surface area contributed by atoms with Gasteiger partial charge in [-0.25, -0.2) is 0 Å². The normalized spacial score (nSPS) is 26.7. The molecule has 4 aliphatic rings. The lowest BCUT2D eigenvalue weighted by molar-refractivity contribution is -0.121. The van der Waals surface area contributed by atoms with Gasteiger partial charge in [0, 0.05) is 66.4 Å². The van der Waals surface area contributed by atoms with Crippen LogP contribution in [0.2, 0.25) is 0 Å². The number of aromatic hydroxyl groups is 1. The average Bonchev–Trinajstić information content (AvgIpc) is 3.12. The summed E-state index contributed by atoms with van der Waals surface area (Å²) in [7, 11) is 7.00. The number of ketones is 1. The number of phenols is 1. The Labute approximate surface area is 314 Å². The number of hydrogen-bond donors (Lipinski definition) is 6. The highest BCUT2D eigenvalue weighted by Gasteiger charge is 2.42. The molecular weight excluding hydrogens is 701 g/mol. The van der Waals surface area contributed by atoms with Crippen LogP contribution in [0.3, 0.4) is 0 Å².